The molecule has 0 aliphatic carbocycles. The summed E-state index contributed by atoms with van der Waals surface area (Å²) < 4.78 is 27.0. The van der Waals surface area contributed by atoms with Crippen LogP contribution in [-0.4, -0.2) is 13.4 Å². The van der Waals surface area contributed by atoms with Crippen LogP contribution in [0, 0.1) is 6.92 Å². The van der Waals surface area contributed by atoms with Gasteiger partial charge < -0.3 is 0 Å². The van der Waals surface area contributed by atoms with Gasteiger partial charge >= 0.3 is 0 Å². The van der Waals surface area contributed by atoms with Crippen molar-refractivity contribution in [2.45, 2.75) is 24.8 Å². The first-order valence-electron chi connectivity index (χ1n) is 5.99. The van der Waals surface area contributed by atoms with E-state index in [1.54, 1.807) is 49.5 Å². The Labute approximate surface area is 113 Å². The van der Waals surface area contributed by atoms with Crippen molar-refractivity contribution in [2.24, 2.45) is 0 Å². The van der Waals surface area contributed by atoms with Gasteiger partial charge in [-0.15, -0.1) is 0 Å². The van der Waals surface area contributed by atoms with Gasteiger partial charge in [0.05, 0.1) is 16.6 Å². The van der Waals surface area contributed by atoms with Gasteiger partial charge in [-0.3, -0.25) is 4.98 Å². The number of aromatic nitrogens is 1. The fraction of sp³-hybridized carbons (Fsp3) is 0.214. The van der Waals surface area contributed by atoms with Crippen LogP contribution in [0.1, 0.15) is 24.2 Å². The molecule has 0 aliphatic rings. The highest BCUT2D eigenvalue weighted by atomic mass is 32.2. The van der Waals surface area contributed by atoms with Crippen LogP contribution in [0.15, 0.2) is 53.6 Å². The molecule has 2 rings (SSSR count). The first kappa shape index (κ1) is 13.7. The lowest BCUT2D eigenvalue weighted by molar-refractivity contribution is 0.564. The largest absolute Gasteiger partial charge is 0.260 e. The van der Waals surface area contributed by atoms with Gasteiger partial charge in [-0.1, -0.05) is 23.8 Å². The van der Waals surface area contributed by atoms with E-state index in [0.29, 0.717) is 5.69 Å². The average Bonchev–Trinajstić information content (AvgIpc) is 2.40. The van der Waals surface area contributed by atoms with Crippen LogP contribution in [0.4, 0.5) is 0 Å². The minimum absolute atomic E-state index is 0.265. The highest BCUT2D eigenvalue weighted by Crippen LogP contribution is 2.15. The monoisotopic (exact) mass is 276 g/mol. The molecule has 1 aromatic heterocycles. The first-order chi connectivity index (χ1) is 8.99. The summed E-state index contributed by atoms with van der Waals surface area (Å²) in [6, 6.07) is 11.8. The molecule has 0 fully saturated rings. The van der Waals surface area contributed by atoms with Gasteiger partial charge in [-0.25, -0.2) is 13.1 Å². The van der Waals surface area contributed by atoms with Crippen LogP contribution < -0.4 is 4.72 Å². The normalized spacial score (nSPS) is 13.2. The maximum atomic E-state index is 12.2. The molecule has 0 unspecified atom stereocenters. The number of nitrogens with zero attached hydrogens (tertiary/aromatic N) is 1. The van der Waals surface area contributed by atoms with Gasteiger partial charge in [-0.05, 0) is 38.1 Å². The molecule has 0 bridgehead atoms. The highest BCUT2D eigenvalue weighted by molar-refractivity contribution is 7.89. The van der Waals surface area contributed by atoms with E-state index in [-0.39, 0.29) is 10.9 Å². The van der Waals surface area contributed by atoms with Crippen molar-refractivity contribution in [1.29, 1.82) is 0 Å². The molecule has 0 radical (unpaired) electrons. The van der Waals surface area contributed by atoms with E-state index in [1.165, 1.54) is 0 Å². The molecule has 5 heteroatoms. The fourth-order valence-electron chi connectivity index (χ4n) is 1.71. The maximum Gasteiger partial charge on any atom is 0.241 e. The summed E-state index contributed by atoms with van der Waals surface area (Å²) in [5.74, 6) is 0. The SMILES string of the molecule is Cc1ccc(S(=O)(=O)N[C@H](C)c2ccccn2)cc1. The number of rotatable bonds is 4. The Balaban J connectivity index is 2.20. The van der Waals surface area contributed by atoms with Gasteiger partial charge in [0.2, 0.25) is 10.0 Å². The van der Waals surface area contributed by atoms with Crippen LogP contribution in [-0.2, 0) is 10.0 Å². The first-order valence-corrected chi connectivity index (χ1v) is 7.47. The van der Waals surface area contributed by atoms with E-state index in [0.717, 1.165) is 5.56 Å². The molecule has 1 atom stereocenters. The highest BCUT2D eigenvalue weighted by Gasteiger charge is 2.18. The topological polar surface area (TPSA) is 59.1 Å². The predicted octanol–water partition coefficient (Wildman–Crippen LogP) is 2.43. The van der Waals surface area contributed by atoms with Crippen molar-refractivity contribution in [1.82, 2.24) is 9.71 Å². The Bertz CT molecular complexity index is 637. The lowest BCUT2D eigenvalue weighted by atomic mass is 10.2. The number of benzene rings is 1. The number of pyridine rings is 1. The molecule has 0 saturated heterocycles. The summed E-state index contributed by atoms with van der Waals surface area (Å²) in [6.07, 6.45) is 1.64. The predicted molar refractivity (Wildman–Crippen MR) is 74.2 cm³/mol. The van der Waals surface area contributed by atoms with E-state index in [4.69, 9.17) is 0 Å². The van der Waals surface area contributed by atoms with Crippen LogP contribution in [0.25, 0.3) is 0 Å². The van der Waals surface area contributed by atoms with Gasteiger partial charge in [0.1, 0.15) is 0 Å². The molecule has 1 N–H and O–H groups in total. The molecule has 1 heterocycles. The second kappa shape index (κ2) is 5.50. The van der Waals surface area contributed by atoms with Crippen LogP contribution in [0.3, 0.4) is 0 Å². The molecule has 0 spiro atoms. The van der Waals surface area contributed by atoms with E-state index >= 15 is 0 Å². The van der Waals surface area contributed by atoms with Crippen molar-refractivity contribution >= 4 is 10.0 Å². The van der Waals surface area contributed by atoms with Crippen molar-refractivity contribution in [3.8, 4) is 0 Å². The number of hydrogen-bond acceptors (Lipinski definition) is 3. The average molecular weight is 276 g/mol. The molecular formula is C14H16N2O2S. The zero-order valence-corrected chi connectivity index (χ0v) is 11.7. The smallest absolute Gasteiger partial charge is 0.241 e. The summed E-state index contributed by atoms with van der Waals surface area (Å²) in [4.78, 5) is 4.41. The Morgan fingerprint density at radius 1 is 1.11 bits per heavy atom. The summed E-state index contributed by atoms with van der Waals surface area (Å²) >= 11 is 0. The Morgan fingerprint density at radius 2 is 1.79 bits per heavy atom. The fourth-order valence-corrected chi connectivity index (χ4v) is 2.93. The molecule has 0 amide bonds. The van der Waals surface area contributed by atoms with Gasteiger partial charge in [-0.2, -0.15) is 0 Å². The summed E-state index contributed by atoms with van der Waals surface area (Å²) in [6.45, 7) is 3.69. The summed E-state index contributed by atoms with van der Waals surface area (Å²) in [7, 11) is -3.51. The van der Waals surface area contributed by atoms with Crippen molar-refractivity contribution in [3.63, 3.8) is 0 Å². The Hall–Kier alpha value is -1.72. The minimum atomic E-state index is -3.51. The van der Waals surface area contributed by atoms with E-state index in [9.17, 15) is 8.42 Å². The lowest BCUT2D eigenvalue weighted by Gasteiger charge is -2.13. The minimum Gasteiger partial charge on any atom is -0.260 e. The molecular weight excluding hydrogens is 260 g/mol. The van der Waals surface area contributed by atoms with Gasteiger partial charge in [0, 0.05) is 6.20 Å². The van der Waals surface area contributed by atoms with E-state index in [2.05, 4.69) is 9.71 Å². The van der Waals surface area contributed by atoms with Crippen molar-refractivity contribution in [3.05, 3.63) is 59.9 Å². The number of nitrogens with one attached hydrogen (secondary N) is 1. The molecule has 4 nitrogen and oxygen atoms in total. The standard InChI is InChI=1S/C14H16N2O2S/c1-11-6-8-13(9-7-11)19(17,18)16-12(2)14-5-3-4-10-15-14/h3-10,12,16H,1-2H3/t12-/m1/s1. The third-order valence-electron chi connectivity index (χ3n) is 2.79. The van der Waals surface area contributed by atoms with E-state index in [1.807, 2.05) is 13.0 Å². The molecule has 19 heavy (non-hydrogen) atoms. The van der Waals surface area contributed by atoms with Gasteiger partial charge in [0.25, 0.3) is 0 Å². The summed E-state index contributed by atoms with van der Waals surface area (Å²) in [5.41, 5.74) is 1.72. The van der Waals surface area contributed by atoms with Crippen LogP contribution in [0.2, 0.25) is 0 Å². The molecule has 2 aromatic rings. The second-order valence-corrected chi connectivity index (χ2v) is 6.12. The molecule has 100 valence electrons. The quantitative estimate of drug-likeness (QED) is 0.933. The lowest BCUT2D eigenvalue weighted by Crippen LogP contribution is -2.27. The number of hydrogen-bond donors (Lipinski definition) is 1. The molecule has 0 aliphatic heterocycles. The number of sulfonamides is 1. The summed E-state index contributed by atoms with van der Waals surface area (Å²) in [5, 5.41) is 0. The third-order valence-corrected chi connectivity index (χ3v) is 4.35. The zero-order valence-electron chi connectivity index (χ0n) is 10.9. The van der Waals surface area contributed by atoms with Crippen molar-refractivity contribution in [2.75, 3.05) is 0 Å². The number of aryl methyl sites for hydroxylation is 1. The maximum absolute atomic E-state index is 12.2. The third kappa shape index (κ3) is 3.39. The Kier molecular flexibility index (Phi) is 3.97. The van der Waals surface area contributed by atoms with Crippen LogP contribution in [0.5, 0.6) is 0 Å². The second-order valence-electron chi connectivity index (χ2n) is 4.41. The van der Waals surface area contributed by atoms with Gasteiger partial charge in [0.15, 0.2) is 0 Å². The zero-order chi connectivity index (χ0) is 13.9. The Morgan fingerprint density at radius 3 is 2.37 bits per heavy atom. The molecule has 1 aromatic carbocycles. The van der Waals surface area contributed by atoms with Crippen LogP contribution >= 0.6 is 0 Å². The molecule has 0 saturated carbocycles. The van der Waals surface area contributed by atoms with Crippen molar-refractivity contribution < 1.29 is 8.42 Å². The van der Waals surface area contributed by atoms with E-state index < -0.39 is 10.0 Å².